The Morgan fingerprint density at radius 3 is 2.62 bits per heavy atom. The van der Waals surface area contributed by atoms with Crippen molar-refractivity contribution in [2.24, 2.45) is 5.92 Å². The van der Waals surface area contributed by atoms with Crippen molar-refractivity contribution in [1.82, 2.24) is 25.1 Å². The highest BCUT2D eigenvalue weighted by atomic mass is 16.4. The first kappa shape index (κ1) is 19.0. The molecule has 0 aliphatic carbocycles. The Labute approximate surface area is 171 Å². The Morgan fingerprint density at radius 1 is 1.17 bits per heavy atom. The smallest absolute Gasteiger partial charge is 0.268 e. The Bertz CT molecular complexity index is 1060. The molecule has 7 heteroatoms. The Kier molecular flexibility index (Phi) is 5.20. The summed E-state index contributed by atoms with van der Waals surface area (Å²) in [7, 11) is 0. The number of amides is 1. The number of hydrogen-bond acceptors (Lipinski definition) is 6. The maximum absolute atomic E-state index is 12.2. The number of benzene rings is 1. The molecule has 1 aliphatic rings. The van der Waals surface area contributed by atoms with Gasteiger partial charge in [0.05, 0.1) is 17.6 Å². The molecule has 0 unspecified atom stereocenters. The lowest BCUT2D eigenvalue weighted by Crippen LogP contribution is -2.37. The molecule has 3 aromatic rings. The summed E-state index contributed by atoms with van der Waals surface area (Å²) in [6.07, 6.45) is 4.56. The van der Waals surface area contributed by atoms with Crippen molar-refractivity contribution in [3.63, 3.8) is 0 Å². The van der Waals surface area contributed by atoms with Crippen molar-refractivity contribution in [2.45, 2.75) is 27.2 Å². The molecule has 4 rings (SSSR count). The van der Waals surface area contributed by atoms with Gasteiger partial charge in [-0.15, -0.1) is 10.2 Å². The molecular formula is C22H25N5O2. The van der Waals surface area contributed by atoms with Crippen LogP contribution in [-0.4, -0.2) is 44.1 Å². The highest BCUT2D eigenvalue weighted by molar-refractivity contribution is 5.79. The van der Waals surface area contributed by atoms with Gasteiger partial charge < -0.3 is 9.32 Å². The lowest BCUT2D eigenvalue weighted by atomic mass is 10.0. The van der Waals surface area contributed by atoms with Crippen LogP contribution in [0.25, 0.3) is 28.6 Å². The van der Waals surface area contributed by atoms with Gasteiger partial charge in [-0.2, -0.15) is 0 Å². The highest BCUT2D eigenvalue weighted by Gasteiger charge is 2.22. The lowest BCUT2D eigenvalue weighted by molar-refractivity contribution is -0.134. The largest absolute Gasteiger partial charge is 0.415 e. The lowest BCUT2D eigenvalue weighted by Gasteiger charge is -2.27. The van der Waals surface area contributed by atoms with E-state index >= 15 is 0 Å². The van der Waals surface area contributed by atoms with Crippen molar-refractivity contribution in [3.05, 3.63) is 54.0 Å². The zero-order valence-corrected chi connectivity index (χ0v) is 16.8. The first-order chi connectivity index (χ1) is 14.0. The van der Waals surface area contributed by atoms with Crippen LogP contribution in [0.3, 0.4) is 0 Å². The van der Waals surface area contributed by atoms with E-state index in [0.717, 1.165) is 28.9 Å². The van der Waals surface area contributed by atoms with Crippen LogP contribution in [0.2, 0.25) is 0 Å². The van der Waals surface area contributed by atoms with Gasteiger partial charge in [-0.25, -0.2) is 4.98 Å². The summed E-state index contributed by atoms with van der Waals surface area (Å²) in [5.41, 5.74) is 4.03. The van der Waals surface area contributed by atoms with Crippen molar-refractivity contribution in [3.8, 4) is 23.0 Å². The summed E-state index contributed by atoms with van der Waals surface area (Å²) >= 11 is 0. The SMILES string of the molecule is Cc1ncc(C2=CCN(C(=O)C(C)C)CC2)nc1-c1nnc(-c2ccccc2)o1.[HH]. The molecule has 1 aromatic carbocycles. The molecule has 0 saturated heterocycles. The molecule has 7 nitrogen and oxygen atoms in total. The molecule has 0 fully saturated rings. The molecule has 2 aromatic heterocycles. The molecule has 0 N–H and O–H groups in total. The fourth-order valence-corrected chi connectivity index (χ4v) is 3.29. The Morgan fingerprint density at radius 2 is 1.93 bits per heavy atom. The van der Waals surface area contributed by atoms with Gasteiger partial charge in [-0.1, -0.05) is 38.1 Å². The third kappa shape index (κ3) is 3.94. The van der Waals surface area contributed by atoms with E-state index < -0.39 is 0 Å². The van der Waals surface area contributed by atoms with Crippen molar-refractivity contribution < 1.29 is 10.6 Å². The maximum atomic E-state index is 12.2. The second-order valence-corrected chi connectivity index (χ2v) is 7.39. The molecule has 3 heterocycles. The van der Waals surface area contributed by atoms with Crippen LogP contribution in [0, 0.1) is 12.8 Å². The van der Waals surface area contributed by atoms with Gasteiger partial charge in [0.25, 0.3) is 5.89 Å². The Hall–Kier alpha value is -3.35. The van der Waals surface area contributed by atoms with Gasteiger partial charge in [0.1, 0.15) is 5.69 Å². The minimum atomic E-state index is 0. The molecule has 1 aliphatic heterocycles. The predicted octanol–water partition coefficient (Wildman–Crippen LogP) is 4.02. The molecule has 0 saturated carbocycles. The van der Waals surface area contributed by atoms with Crippen molar-refractivity contribution in [2.75, 3.05) is 13.1 Å². The summed E-state index contributed by atoms with van der Waals surface area (Å²) in [5.74, 6) is 0.984. The topological polar surface area (TPSA) is 85.0 Å². The number of aromatic nitrogens is 4. The van der Waals surface area contributed by atoms with Crippen molar-refractivity contribution in [1.29, 1.82) is 0 Å². The molecule has 0 bridgehead atoms. The number of carbonyl (C=O) groups is 1. The molecule has 1 amide bonds. The zero-order chi connectivity index (χ0) is 20.4. The van der Waals surface area contributed by atoms with Crippen LogP contribution >= 0.6 is 0 Å². The number of hydrogen-bond donors (Lipinski definition) is 0. The van der Waals surface area contributed by atoms with Gasteiger partial charge >= 0.3 is 0 Å². The molecule has 0 atom stereocenters. The summed E-state index contributed by atoms with van der Waals surface area (Å²) in [5, 5.41) is 8.32. The van der Waals surface area contributed by atoms with E-state index in [1.165, 1.54) is 0 Å². The third-order valence-corrected chi connectivity index (χ3v) is 4.95. The minimum Gasteiger partial charge on any atom is -0.415 e. The van der Waals surface area contributed by atoms with E-state index in [1.807, 2.05) is 56.0 Å². The third-order valence-electron chi connectivity index (χ3n) is 4.95. The molecular weight excluding hydrogens is 366 g/mol. The van der Waals surface area contributed by atoms with Crippen LogP contribution in [0.4, 0.5) is 0 Å². The van der Waals surface area contributed by atoms with Gasteiger partial charge in [0.15, 0.2) is 0 Å². The number of carbonyl (C=O) groups excluding carboxylic acids is 1. The van der Waals surface area contributed by atoms with Crippen LogP contribution < -0.4 is 0 Å². The second kappa shape index (κ2) is 7.95. The van der Waals surface area contributed by atoms with Gasteiger partial charge in [0, 0.05) is 26.0 Å². The van der Waals surface area contributed by atoms with E-state index in [2.05, 4.69) is 21.3 Å². The Balaban J connectivity index is 0.00000256. The summed E-state index contributed by atoms with van der Waals surface area (Å²) in [6.45, 7) is 7.00. The predicted molar refractivity (Wildman–Crippen MR) is 112 cm³/mol. The van der Waals surface area contributed by atoms with Gasteiger partial charge in [0.2, 0.25) is 11.8 Å². The van der Waals surface area contributed by atoms with Crippen LogP contribution in [0.15, 0.2) is 47.0 Å². The number of rotatable bonds is 4. The molecule has 29 heavy (non-hydrogen) atoms. The minimum absolute atomic E-state index is 0. The molecule has 0 radical (unpaired) electrons. The first-order valence-electron chi connectivity index (χ1n) is 9.74. The van der Waals surface area contributed by atoms with Crippen molar-refractivity contribution >= 4 is 11.5 Å². The standard InChI is InChI=1S/C22H23N5O2.H2/c1-14(2)22(28)27-11-9-16(10-12-27)18-13-23-15(3)19(24-18)21-26-25-20(29-21)17-7-5-4-6-8-17;/h4-9,13-14H,10-12H2,1-3H3;1H. The van der Waals surface area contributed by atoms with Crippen LogP contribution in [0.5, 0.6) is 0 Å². The van der Waals surface area contributed by atoms with Crippen LogP contribution in [0.1, 0.15) is 33.1 Å². The van der Waals surface area contributed by atoms with Gasteiger partial charge in [-0.05, 0) is 31.1 Å². The normalized spacial score (nSPS) is 14.2. The number of nitrogens with zero attached hydrogens (tertiary/aromatic N) is 5. The van der Waals surface area contributed by atoms with E-state index in [0.29, 0.717) is 30.6 Å². The molecule has 150 valence electrons. The second-order valence-electron chi connectivity index (χ2n) is 7.39. The van der Waals surface area contributed by atoms with E-state index in [1.54, 1.807) is 6.20 Å². The summed E-state index contributed by atoms with van der Waals surface area (Å²) in [4.78, 5) is 23.3. The molecule has 0 spiro atoms. The summed E-state index contributed by atoms with van der Waals surface area (Å²) in [6, 6.07) is 9.63. The van der Waals surface area contributed by atoms with Gasteiger partial charge in [-0.3, -0.25) is 9.78 Å². The first-order valence-corrected chi connectivity index (χ1v) is 9.74. The van der Waals surface area contributed by atoms with E-state index in [9.17, 15) is 4.79 Å². The average Bonchev–Trinajstić information content (AvgIpc) is 3.24. The maximum Gasteiger partial charge on any atom is 0.268 e. The quantitative estimate of drug-likeness (QED) is 0.668. The van der Waals surface area contributed by atoms with E-state index in [-0.39, 0.29) is 13.3 Å². The summed E-state index contributed by atoms with van der Waals surface area (Å²) < 4.78 is 5.86. The highest BCUT2D eigenvalue weighted by Crippen LogP contribution is 2.27. The monoisotopic (exact) mass is 391 g/mol. The van der Waals surface area contributed by atoms with Crippen LogP contribution in [-0.2, 0) is 4.79 Å². The zero-order valence-electron chi connectivity index (χ0n) is 16.8. The fraction of sp³-hybridized carbons (Fsp3) is 0.318. The number of aryl methyl sites for hydroxylation is 1. The average molecular weight is 391 g/mol. The fourth-order valence-electron chi connectivity index (χ4n) is 3.29. The van der Waals surface area contributed by atoms with E-state index in [4.69, 9.17) is 9.40 Å².